The van der Waals surface area contributed by atoms with E-state index in [4.69, 9.17) is 4.42 Å². The highest BCUT2D eigenvalue weighted by molar-refractivity contribution is 5.82. The first kappa shape index (κ1) is 17.0. The lowest BCUT2D eigenvalue weighted by molar-refractivity contribution is 0.0318. The molecular formula is C19H25NO4. The molecular weight excluding hydrogens is 306 g/mol. The first-order chi connectivity index (χ1) is 11.5. The molecule has 0 spiro atoms. The van der Waals surface area contributed by atoms with Crippen LogP contribution in [0.2, 0.25) is 0 Å². The quantitative estimate of drug-likeness (QED) is 0.843. The average molecular weight is 331 g/mol. The topological polar surface area (TPSA) is 73.9 Å². The number of hydrogen-bond acceptors (Lipinski definition) is 5. The summed E-state index contributed by atoms with van der Waals surface area (Å²) in [5, 5.41) is 20.9. The van der Waals surface area contributed by atoms with Crippen molar-refractivity contribution in [2.75, 3.05) is 6.54 Å². The van der Waals surface area contributed by atoms with E-state index in [1.165, 1.54) is 12.1 Å². The molecule has 2 heterocycles. The molecule has 1 aromatic heterocycles. The molecule has 1 fully saturated rings. The van der Waals surface area contributed by atoms with Crippen LogP contribution in [-0.2, 0) is 13.0 Å². The van der Waals surface area contributed by atoms with Gasteiger partial charge in [-0.1, -0.05) is 13.3 Å². The number of benzene rings is 1. The zero-order chi connectivity index (χ0) is 17.3. The summed E-state index contributed by atoms with van der Waals surface area (Å²) in [7, 11) is 0. The second kappa shape index (κ2) is 6.95. The first-order valence-electron chi connectivity index (χ1n) is 8.70. The minimum absolute atomic E-state index is 0.115. The van der Waals surface area contributed by atoms with Crippen LogP contribution in [0.4, 0.5) is 0 Å². The third kappa shape index (κ3) is 3.32. The number of aromatic hydroxyl groups is 1. The molecule has 2 aromatic rings. The molecule has 130 valence electrons. The number of hydrogen-bond donors (Lipinski definition) is 2. The Morgan fingerprint density at radius 2 is 2.08 bits per heavy atom. The third-order valence-corrected chi connectivity index (χ3v) is 5.00. The van der Waals surface area contributed by atoms with Gasteiger partial charge in [0.15, 0.2) is 0 Å². The van der Waals surface area contributed by atoms with Gasteiger partial charge in [0, 0.05) is 30.1 Å². The Morgan fingerprint density at radius 3 is 2.79 bits per heavy atom. The number of piperidine rings is 1. The number of rotatable bonds is 4. The summed E-state index contributed by atoms with van der Waals surface area (Å²) < 4.78 is 5.26. The van der Waals surface area contributed by atoms with E-state index in [0.29, 0.717) is 18.5 Å². The maximum Gasteiger partial charge on any atom is 0.336 e. The number of phenols is 1. The fourth-order valence-corrected chi connectivity index (χ4v) is 3.70. The lowest BCUT2D eigenvalue weighted by atomic mass is 9.96. The summed E-state index contributed by atoms with van der Waals surface area (Å²) in [5.41, 5.74) is 1.73. The summed E-state index contributed by atoms with van der Waals surface area (Å²) in [6.07, 6.45) is 3.51. The van der Waals surface area contributed by atoms with Crippen LogP contribution in [-0.4, -0.2) is 33.8 Å². The van der Waals surface area contributed by atoms with E-state index < -0.39 is 11.7 Å². The minimum atomic E-state index is -0.410. The van der Waals surface area contributed by atoms with Crippen molar-refractivity contribution in [1.82, 2.24) is 4.90 Å². The predicted molar refractivity (Wildman–Crippen MR) is 93.3 cm³/mol. The average Bonchev–Trinajstić information content (AvgIpc) is 2.54. The monoisotopic (exact) mass is 331 g/mol. The van der Waals surface area contributed by atoms with Crippen LogP contribution < -0.4 is 5.63 Å². The molecule has 2 unspecified atom stereocenters. The van der Waals surface area contributed by atoms with Gasteiger partial charge in [-0.25, -0.2) is 4.79 Å². The number of aliphatic hydroxyl groups is 1. The molecule has 2 atom stereocenters. The second-order valence-electron chi connectivity index (χ2n) is 6.70. The number of aliphatic hydroxyl groups excluding tert-OH is 1. The van der Waals surface area contributed by atoms with Gasteiger partial charge in [-0.2, -0.15) is 0 Å². The highest BCUT2D eigenvalue weighted by atomic mass is 16.4. The smallest absolute Gasteiger partial charge is 0.336 e. The van der Waals surface area contributed by atoms with E-state index in [1.807, 2.05) is 19.9 Å². The molecule has 0 amide bonds. The van der Waals surface area contributed by atoms with Crippen LogP contribution in [0.25, 0.3) is 11.0 Å². The van der Waals surface area contributed by atoms with E-state index in [2.05, 4.69) is 4.90 Å². The van der Waals surface area contributed by atoms with Crippen molar-refractivity contribution in [2.45, 2.75) is 58.2 Å². The van der Waals surface area contributed by atoms with Crippen molar-refractivity contribution in [3.05, 3.63) is 39.7 Å². The van der Waals surface area contributed by atoms with E-state index in [9.17, 15) is 15.0 Å². The molecule has 1 aliphatic heterocycles. The summed E-state index contributed by atoms with van der Waals surface area (Å²) in [5.74, 6) is 0.158. The van der Waals surface area contributed by atoms with E-state index >= 15 is 0 Å². The number of phenolic OH excluding ortho intramolecular Hbond substituents is 1. The second-order valence-corrected chi connectivity index (χ2v) is 6.70. The molecule has 0 radical (unpaired) electrons. The molecule has 1 saturated heterocycles. The number of nitrogens with zero attached hydrogens (tertiary/aromatic N) is 1. The number of likely N-dealkylation sites (tertiary alicyclic amines) is 1. The van der Waals surface area contributed by atoms with E-state index in [-0.39, 0.29) is 11.8 Å². The maximum absolute atomic E-state index is 11.9. The summed E-state index contributed by atoms with van der Waals surface area (Å²) in [6, 6.07) is 5.09. The van der Waals surface area contributed by atoms with E-state index in [0.717, 1.165) is 42.3 Å². The van der Waals surface area contributed by atoms with Gasteiger partial charge >= 0.3 is 5.63 Å². The molecule has 5 nitrogen and oxygen atoms in total. The molecule has 0 bridgehead atoms. The SMILES string of the molecule is CCc1cc2c(CN3CCCCC3C(C)O)cc(=O)oc2cc1O. The molecule has 5 heteroatoms. The van der Waals surface area contributed by atoms with Crippen molar-refractivity contribution < 1.29 is 14.6 Å². The van der Waals surface area contributed by atoms with Crippen LogP contribution in [0, 0.1) is 0 Å². The molecule has 0 saturated carbocycles. The van der Waals surface area contributed by atoms with Crippen molar-refractivity contribution in [2.24, 2.45) is 0 Å². The van der Waals surface area contributed by atoms with Gasteiger partial charge in [0.1, 0.15) is 11.3 Å². The zero-order valence-corrected chi connectivity index (χ0v) is 14.3. The molecule has 1 aromatic carbocycles. The summed E-state index contributed by atoms with van der Waals surface area (Å²) >= 11 is 0. The normalized spacial score (nSPS) is 20.4. The van der Waals surface area contributed by atoms with Crippen LogP contribution in [0.3, 0.4) is 0 Å². The van der Waals surface area contributed by atoms with Gasteiger partial charge < -0.3 is 14.6 Å². The maximum atomic E-state index is 11.9. The highest BCUT2D eigenvalue weighted by Gasteiger charge is 2.27. The Bertz CT molecular complexity index is 781. The zero-order valence-electron chi connectivity index (χ0n) is 14.3. The van der Waals surface area contributed by atoms with Crippen LogP contribution in [0.15, 0.2) is 27.4 Å². The lowest BCUT2D eigenvalue weighted by Crippen LogP contribution is -2.45. The van der Waals surface area contributed by atoms with Gasteiger partial charge in [0.05, 0.1) is 6.10 Å². The number of fused-ring (bicyclic) bond motifs is 1. The van der Waals surface area contributed by atoms with Gasteiger partial charge in [0.25, 0.3) is 0 Å². The minimum Gasteiger partial charge on any atom is -0.508 e. The summed E-state index contributed by atoms with van der Waals surface area (Å²) in [6.45, 7) is 5.32. The van der Waals surface area contributed by atoms with Crippen LogP contribution in [0.5, 0.6) is 5.75 Å². The Morgan fingerprint density at radius 1 is 1.29 bits per heavy atom. The Labute approximate surface area is 141 Å². The largest absolute Gasteiger partial charge is 0.508 e. The van der Waals surface area contributed by atoms with Crippen molar-refractivity contribution in [1.29, 1.82) is 0 Å². The van der Waals surface area contributed by atoms with Gasteiger partial charge in [-0.15, -0.1) is 0 Å². The Kier molecular flexibility index (Phi) is 4.92. The van der Waals surface area contributed by atoms with Crippen molar-refractivity contribution in [3.8, 4) is 5.75 Å². The fourth-order valence-electron chi connectivity index (χ4n) is 3.70. The van der Waals surface area contributed by atoms with Crippen LogP contribution >= 0.6 is 0 Å². The molecule has 2 N–H and O–H groups in total. The van der Waals surface area contributed by atoms with Gasteiger partial charge in [-0.3, -0.25) is 4.90 Å². The third-order valence-electron chi connectivity index (χ3n) is 5.00. The van der Waals surface area contributed by atoms with E-state index in [1.54, 1.807) is 0 Å². The van der Waals surface area contributed by atoms with Crippen molar-refractivity contribution >= 4 is 11.0 Å². The molecule has 24 heavy (non-hydrogen) atoms. The molecule has 0 aliphatic carbocycles. The Balaban J connectivity index is 2.03. The van der Waals surface area contributed by atoms with Crippen LogP contribution in [0.1, 0.15) is 44.2 Å². The highest BCUT2D eigenvalue weighted by Crippen LogP contribution is 2.29. The standard InChI is InChI=1S/C19H25NO4/c1-3-13-8-15-14(9-19(23)24-18(15)10-17(13)22)11-20-7-5-4-6-16(20)12(2)21/h8-10,12,16,21-22H,3-7,11H2,1-2H3. The van der Waals surface area contributed by atoms with Gasteiger partial charge in [-0.05, 0) is 49.9 Å². The van der Waals surface area contributed by atoms with Gasteiger partial charge in [0.2, 0.25) is 0 Å². The number of aryl methyl sites for hydroxylation is 1. The fraction of sp³-hybridized carbons (Fsp3) is 0.526. The molecule has 1 aliphatic rings. The molecule has 3 rings (SSSR count). The predicted octanol–water partition coefficient (Wildman–Crippen LogP) is 2.80. The lowest BCUT2D eigenvalue weighted by Gasteiger charge is -2.37. The Hall–Kier alpha value is -1.85. The van der Waals surface area contributed by atoms with Crippen molar-refractivity contribution in [3.63, 3.8) is 0 Å². The summed E-state index contributed by atoms with van der Waals surface area (Å²) in [4.78, 5) is 14.2. The first-order valence-corrected chi connectivity index (χ1v) is 8.70.